The summed E-state index contributed by atoms with van der Waals surface area (Å²) in [5, 5.41) is 4.60. The molecule has 3 heterocycles. The first kappa shape index (κ1) is 12.4. The smallest absolute Gasteiger partial charge is 0.246 e. The van der Waals surface area contributed by atoms with E-state index in [-0.39, 0.29) is 0 Å². The number of nitrogens with zero attached hydrogens (tertiary/aromatic N) is 4. The van der Waals surface area contributed by atoms with Gasteiger partial charge in [0.2, 0.25) is 5.95 Å². The molecule has 3 rings (SSSR count). The van der Waals surface area contributed by atoms with Gasteiger partial charge in [-0.3, -0.25) is 0 Å². The van der Waals surface area contributed by atoms with Crippen molar-refractivity contribution < 1.29 is 0 Å². The highest BCUT2D eigenvalue weighted by Crippen LogP contribution is 2.26. The molecule has 1 fully saturated rings. The topological polar surface area (TPSA) is 59.5 Å². The van der Waals surface area contributed by atoms with Crippen molar-refractivity contribution in [3.8, 4) is 0 Å². The minimum Gasteiger partial charge on any atom is -0.333 e. The summed E-state index contributed by atoms with van der Waals surface area (Å²) < 4.78 is 1.84. The third kappa shape index (κ3) is 2.18. The first-order chi connectivity index (χ1) is 9.19. The zero-order valence-corrected chi connectivity index (χ0v) is 11.6. The van der Waals surface area contributed by atoms with Gasteiger partial charge < -0.3 is 10.6 Å². The number of aromatic nitrogens is 3. The Labute approximate surface area is 113 Å². The predicted molar refractivity (Wildman–Crippen MR) is 76.4 cm³/mol. The predicted octanol–water partition coefficient (Wildman–Crippen LogP) is 1.74. The van der Waals surface area contributed by atoms with Crippen LogP contribution in [0.4, 0.5) is 5.95 Å². The molecule has 1 aliphatic heterocycles. The van der Waals surface area contributed by atoms with E-state index >= 15 is 0 Å². The number of hydrogen-bond donors (Lipinski definition) is 1. The van der Waals surface area contributed by atoms with Crippen molar-refractivity contribution >= 4 is 11.6 Å². The molecule has 2 unspecified atom stereocenters. The molecule has 0 bridgehead atoms. The van der Waals surface area contributed by atoms with Crippen LogP contribution in [0.1, 0.15) is 31.7 Å². The summed E-state index contributed by atoms with van der Waals surface area (Å²) in [6.45, 7) is 4.97. The van der Waals surface area contributed by atoms with Crippen molar-refractivity contribution in [2.24, 2.45) is 5.73 Å². The number of piperidine rings is 1. The van der Waals surface area contributed by atoms with E-state index in [1.807, 2.05) is 16.8 Å². The standard InChI is InChI=1S/C14H21N5/c1-10-6-7-18-13(8-10)16-14(17-18)19-11(2)4-3-5-12(19)9-15/h6-8,11-12H,3-5,9,15H2,1-2H3. The first-order valence-electron chi connectivity index (χ1n) is 7.00. The van der Waals surface area contributed by atoms with Crippen LogP contribution in [-0.4, -0.2) is 33.2 Å². The normalized spacial score (nSPS) is 24.1. The average Bonchev–Trinajstić information content (AvgIpc) is 2.80. The summed E-state index contributed by atoms with van der Waals surface area (Å²) in [4.78, 5) is 6.97. The second-order valence-corrected chi connectivity index (χ2v) is 5.50. The van der Waals surface area contributed by atoms with Gasteiger partial charge in [0, 0.05) is 24.8 Å². The van der Waals surface area contributed by atoms with Crippen LogP contribution >= 0.6 is 0 Å². The molecule has 0 saturated carbocycles. The lowest BCUT2D eigenvalue weighted by Gasteiger charge is -2.39. The number of aryl methyl sites for hydroxylation is 1. The fourth-order valence-electron chi connectivity index (χ4n) is 2.96. The number of fused-ring (bicyclic) bond motifs is 1. The van der Waals surface area contributed by atoms with Gasteiger partial charge in [-0.15, -0.1) is 5.10 Å². The molecule has 1 aliphatic rings. The summed E-state index contributed by atoms with van der Waals surface area (Å²) in [5.41, 5.74) is 8.02. The van der Waals surface area contributed by atoms with Gasteiger partial charge in [0.25, 0.3) is 0 Å². The Morgan fingerprint density at radius 3 is 3.05 bits per heavy atom. The van der Waals surface area contributed by atoms with Crippen LogP contribution in [0.15, 0.2) is 18.3 Å². The second-order valence-electron chi connectivity index (χ2n) is 5.50. The molecule has 0 radical (unpaired) electrons. The van der Waals surface area contributed by atoms with E-state index in [4.69, 9.17) is 5.73 Å². The van der Waals surface area contributed by atoms with Crippen molar-refractivity contribution in [2.45, 2.75) is 45.2 Å². The number of anilines is 1. The maximum absolute atomic E-state index is 5.91. The third-order valence-corrected chi connectivity index (χ3v) is 4.01. The Morgan fingerprint density at radius 2 is 2.26 bits per heavy atom. The van der Waals surface area contributed by atoms with Gasteiger partial charge in [-0.1, -0.05) is 0 Å². The molecular weight excluding hydrogens is 238 g/mol. The molecule has 0 aliphatic carbocycles. The summed E-state index contributed by atoms with van der Waals surface area (Å²) >= 11 is 0. The Hall–Kier alpha value is -1.62. The molecule has 0 aromatic carbocycles. The average molecular weight is 259 g/mol. The third-order valence-electron chi connectivity index (χ3n) is 4.01. The highest BCUT2D eigenvalue weighted by atomic mass is 15.4. The molecule has 0 spiro atoms. The maximum Gasteiger partial charge on any atom is 0.246 e. The van der Waals surface area contributed by atoms with Crippen molar-refractivity contribution in [2.75, 3.05) is 11.4 Å². The van der Waals surface area contributed by atoms with E-state index in [9.17, 15) is 0 Å². The molecule has 102 valence electrons. The van der Waals surface area contributed by atoms with Crippen molar-refractivity contribution in [3.05, 3.63) is 23.9 Å². The van der Waals surface area contributed by atoms with Crippen molar-refractivity contribution in [1.82, 2.24) is 14.6 Å². The SMILES string of the molecule is Cc1ccn2nc(N3C(C)CCCC3CN)nc2c1. The van der Waals surface area contributed by atoms with Crippen LogP contribution < -0.4 is 10.6 Å². The Kier molecular flexibility index (Phi) is 3.14. The monoisotopic (exact) mass is 259 g/mol. The van der Waals surface area contributed by atoms with Crippen LogP contribution in [0.2, 0.25) is 0 Å². The Bertz CT molecular complexity index is 576. The van der Waals surface area contributed by atoms with Crippen LogP contribution in [-0.2, 0) is 0 Å². The van der Waals surface area contributed by atoms with Gasteiger partial charge in [-0.25, -0.2) is 4.52 Å². The first-order valence-corrected chi connectivity index (χ1v) is 7.00. The van der Waals surface area contributed by atoms with E-state index in [1.165, 1.54) is 18.4 Å². The lowest BCUT2D eigenvalue weighted by molar-refractivity contribution is 0.394. The molecule has 1 saturated heterocycles. The number of pyridine rings is 1. The molecule has 19 heavy (non-hydrogen) atoms. The highest BCUT2D eigenvalue weighted by molar-refractivity contribution is 5.47. The molecule has 2 atom stereocenters. The van der Waals surface area contributed by atoms with E-state index in [2.05, 4.69) is 34.9 Å². The molecule has 0 amide bonds. The lowest BCUT2D eigenvalue weighted by Crippen LogP contribution is -2.49. The van der Waals surface area contributed by atoms with E-state index in [0.29, 0.717) is 18.6 Å². The fraction of sp³-hybridized carbons (Fsp3) is 0.571. The van der Waals surface area contributed by atoms with Gasteiger partial charge in [0.05, 0.1) is 0 Å². The van der Waals surface area contributed by atoms with Crippen LogP contribution in [0.5, 0.6) is 0 Å². The number of hydrogen-bond acceptors (Lipinski definition) is 4. The van der Waals surface area contributed by atoms with E-state index in [0.717, 1.165) is 18.0 Å². The minimum atomic E-state index is 0.363. The Balaban J connectivity index is 2.01. The summed E-state index contributed by atoms with van der Waals surface area (Å²) in [6, 6.07) is 4.93. The molecule has 2 aromatic heterocycles. The largest absolute Gasteiger partial charge is 0.333 e. The molecular formula is C14H21N5. The maximum atomic E-state index is 5.91. The fourth-order valence-corrected chi connectivity index (χ4v) is 2.96. The second kappa shape index (κ2) is 4.81. The van der Waals surface area contributed by atoms with Gasteiger partial charge in [0.1, 0.15) is 0 Å². The van der Waals surface area contributed by atoms with Gasteiger partial charge in [0.15, 0.2) is 5.65 Å². The van der Waals surface area contributed by atoms with E-state index < -0.39 is 0 Å². The van der Waals surface area contributed by atoms with Gasteiger partial charge >= 0.3 is 0 Å². The molecule has 5 heteroatoms. The van der Waals surface area contributed by atoms with Gasteiger partial charge in [-0.05, 0) is 50.8 Å². The lowest BCUT2D eigenvalue weighted by atomic mass is 9.97. The van der Waals surface area contributed by atoms with E-state index in [1.54, 1.807) is 0 Å². The Morgan fingerprint density at radius 1 is 1.42 bits per heavy atom. The quantitative estimate of drug-likeness (QED) is 0.892. The van der Waals surface area contributed by atoms with Gasteiger partial charge in [-0.2, -0.15) is 4.98 Å². The minimum absolute atomic E-state index is 0.363. The summed E-state index contributed by atoms with van der Waals surface area (Å²) in [5.74, 6) is 0.813. The molecule has 5 nitrogen and oxygen atoms in total. The van der Waals surface area contributed by atoms with Crippen LogP contribution in [0.3, 0.4) is 0 Å². The molecule has 2 aromatic rings. The van der Waals surface area contributed by atoms with Crippen LogP contribution in [0.25, 0.3) is 5.65 Å². The van der Waals surface area contributed by atoms with Crippen LogP contribution in [0, 0.1) is 6.92 Å². The number of nitrogens with two attached hydrogens (primary N) is 1. The van der Waals surface area contributed by atoms with Crippen molar-refractivity contribution in [1.29, 1.82) is 0 Å². The molecule has 2 N–H and O–H groups in total. The van der Waals surface area contributed by atoms with Crippen molar-refractivity contribution in [3.63, 3.8) is 0 Å². The zero-order chi connectivity index (χ0) is 13.4. The summed E-state index contributed by atoms with van der Waals surface area (Å²) in [7, 11) is 0. The number of rotatable bonds is 2. The highest BCUT2D eigenvalue weighted by Gasteiger charge is 2.29. The zero-order valence-electron chi connectivity index (χ0n) is 11.6. The summed E-state index contributed by atoms with van der Waals surface area (Å²) in [6.07, 6.45) is 5.53.